The predicted octanol–water partition coefficient (Wildman–Crippen LogP) is 3.33. The second-order valence-electron chi connectivity index (χ2n) is 4.30. The fraction of sp³-hybridized carbons (Fsp3) is 0.583. The monoisotopic (exact) mass is 221 g/mol. The van der Waals surface area contributed by atoms with Crippen molar-refractivity contribution in [3.63, 3.8) is 0 Å². The fourth-order valence-corrected chi connectivity index (χ4v) is 3.08. The van der Waals surface area contributed by atoms with E-state index in [4.69, 9.17) is 0 Å². The first-order chi connectivity index (χ1) is 7.35. The quantitative estimate of drug-likeness (QED) is 0.568. The van der Waals surface area contributed by atoms with Crippen LogP contribution in [0.1, 0.15) is 37.7 Å². The van der Waals surface area contributed by atoms with Crippen LogP contribution in [0.3, 0.4) is 0 Å². The van der Waals surface area contributed by atoms with E-state index in [1.165, 1.54) is 24.8 Å². The average Bonchev–Trinajstić information content (AvgIpc) is 2.72. The zero-order valence-electron chi connectivity index (χ0n) is 8.74. The summed E-state index contributed by atoms with van der Waals surface area (Å²) in [7, 11) is 0. The van der Waals surface area contributed by atoms with E-state index >= 15 is 0 Å². The van der Waals surface area contributed by atoms with Crippen molar-refractivity contribution in [3.8, 4) is 0 Å². The minimum atomic E-state index is -0.138. The van der Waals surface area contributed by atoms with Gasteiger partial charge in [-0.25, -0.2) is 4.79 Å². The summed E-state index contributed by atoms with van der Waals surface area (Å²) < 4.78 is 0. The molecule has 3 heteroatoms. The summed E-state index contributed by atoms with van der Waals surface area (Å²) in [6, 6.07) is 2.13. The molecule has 1 aliphatic rings. The predicted molar refractivity (Wildman–Crippen MR) is 62.0 cm³/mol. The molecule has 0 bridgehead atoms. The van der Waals surface area contributed by atoms with Crippen molar-refractivity contribution in [2.24, 2.45) is 4.99 Å². The molecule has 1 aromatic heterocycles. The maximum atomic E-state index is 10.5. The van der Waals surface area contributed by atoms with E-state index in [9.17, 15) is 4.79 Å². The zero-order chi connectivity index (χ0) is 10.6. The summed E-state index contributed by atoms with van der Waals surface area (Å²) in [6.45, 7) is 0. The minimum absolute atomic E-state index is 0.138. The highest BCUT2D eigenvalue weighted by atomic mass is 32.1. The second kappa shape index (κ2) is 4.73. The van der Waals surface area contributed by atoms with Gasteiger partial charge in [0.15, 0.2) is 0 Å². The second-order valence-corrected chi connectivity index (χ2v) is 5.08. The molecule has 0 unspecified atom stereocenters. The Morgan fingerprint density at radius 1 is 1.40 bits per heavy atom. The van der Waals surface area contributed by atoms with Crippen molar-refractivity contribution in [3.05, 3.63) is 22.4 Å². The van der Waals surface area contributed by atoms with E-state index in [1.54, 1.807) is 17.4 Å². The minimum Gasteiger partial charge on any atom is -0.211 e. The molecule has 1 heterocycles. The lowest BCUT2D eigenvalue weighted by Crippen LogP contribution is -2.31. The molecule has 2 rings (SSSR count). The molecule has 0 saturated heterocycles. The highest BCUT2D eigenvalue weighted by Crippen LogP contribution is 2.34. The lowest BCUT2D eigenvalue weighted by molar-refractivity contribution is 0.296. The number of hydrogen-bond acceptors (Lipinski definition) is 3. The summed E-state index contributed by atoms with van der Waals surface area (Å²) in [4.78, 5) is 14.6. The highest BCUT2D eigenvalue weighted by molar-refractivity contribution is 7.07. The molecule has 0 aromatic carbocycles. The third kappa shape index (κ3) is 2.55. The Hall–Kier alpha value is -0.920. The first-order valence-corrected chi connectivity index (χ1v) is 6.39. The molecule has 0 spiro atoms. The Morgan fingerprint density at radius 3 is 2.80 bits per heavy atom. The van der Waals surface area contributed by atoms with Gasteiger partial charge in [0.05, 0.1) is 5.54 Å². The van der Waals surface area contributed by atoms with E-state index in [0.29, 0.717) is 0 Å². The highest BCUT2D eigenvalue weighted by Gasteiger charge is 2.31. The Morgan fingerprint density at radius 2 is 2.20 bits per heavy atom. The van der Waals surface area contributed by atoms with E-state index in [0.717, 1.165) is 19.3 Å². The lowest BCUT2D eigenvalue weighted by Gasteiger charge is -2.31. The molecule has 0 aliphatic heterocycles. The third-order valence-corrected chi connectivity index (χ3v) is 3.91. The van der Waals surface area contributed by atoms with Crippen molar-refractivity contribution >= 4 is 17.4 Å². The van der Waals surface area contributed by atoms with Crippen molar-refractivity contribution in [1.82, 2.24) is 0 Å². The normalized spacial score (nSPS) is 19.5. The van der Waals surface area contributed by atoms with Gasteiger partial charge in [-0.05, 0) is 41.7 Å². The Bertz CT molecular complexity index is 346. The van der Waals surface area contributed by atoms with Crippen LogP contribution in [-0.4, -0.2) is 11.6 Å². The number of rotatable bonds is 3. The van der Waals surface area contributed by atoms with Crippen molar-refractivity contribution in [2.45, 2.75) is 44.1 Å². The Kier molecular flexibility index (Phi) is 3.34. The smallest absolute Gasteiger partial charge is 0.211 e. The van der Waals surface area contributed by atoms with Crippen LogP contribution >= 0.6 is 11.3 Å². The number of nitrogens with zero attached hydrogens (tertiary/aromatic N) is 1. The number of isocyanates is 1. The molecule has 2 nitrogen and oxygen atoms in total. The first kappa shape index (κ1) is 10.6. The maximum Gasteiger partial charge on any atom is 0.235 e. The van der Waals surface area contributed by atoms with Crippen molar-refractivity contribution in [2.75, 3.05) is 0 Å². The van der Waals surface area contributed by atoms with Gasteiger partial charge in [-0.1, -0.05) is 19.3 Å². The van der Waals surface area contributed by atoms with E-state index in [-0.39, 0.29) is 5.54 Å². The molecule has 15 heavy (non-hydrogen) atoms. The van der Waals surface area contributed by atoms with Crippen LogP contribution in [0.5, 0.6) is 0 Å². The number of hydrogen-bond donors (Lipinski definition) is 0. The largest absolute Gasteiger partial charge is 0.235 e. The van der Waals surface area contributed by atoms with Crippen LogP contribution in [0.15, 0.2) is 21.8 Å². The van der Waals surface area contributed by atoms with Gasteiger partial charge < -0.3 is 0 Å². The number of aliphatic imine (C=N–C) groups is 1. The molecule has 0 radical (unpaired) electrons. The summed E-state index contributed by atoms with van der Waals surface area (Å²) >= 11 is 1.70. The number of thiophene rings is 1. The molecular formula is C12H15NOS. The van der Waals surface area contributed by atoms with Gasteiger partial charge in [0.25, 0.3) is 0 Å². The molecule has 80 valence electrons. The Labute approximate surface area is 94.0 Å². The molecule has 1 saturated carbocycles. The van der Waals surface area contributed by atoms with E-state index in [1.807, 2.05) is 0 Å². The van der Waals surface area contributed by atoms with Crippen LogP contribution in [0.25, 0.3) is 0 Å². The van der Waals surface area contributed by atoms with Gasteiger partial charge in [-0.2, -0.15) is 16.3 Å². The topological polar surface area (TPSA) is 29.4 Å². The van der Waals surface area contributed by atoms with Crippen LogP contribution in [0.2, 0.25) is 0 Å². The standard InChI is InChI=1S/C12H15NOS/c14-10-13-12(5-2-1-3-6-12)8-11-4-7-15-9-11/h4,7,9H,1-3,5-6,8H2. The van der Waals surface area contributed by atoms with Gasteiger partial charge in [-0.15, -0.1) is 0 Å². The van der Waals surface area contributed by atoms with Gasteiger partial charge in [-0.3, -0.25) is 0 Å². The molecule has 1 aliphatic carbocycles. The fourth-order valence-electron chi connectivity index (χ4n) is 2.41. The van der Waals surface area contributed by atoms with Crippen LogP contribution < -0.4 is 0 Å². The third-order valence-electron chi connectivity index (χ3n) is 3.18. The summed E-state index contributed by atoms with van der Waals surface area (Å²) in [5.74, 6) is 0. The van der Waals surface area contributed by atoms with Crippen molar-refractivity contribution < 1.29 is 4.79 Å². The Balaban J connectivity index is 2.14. The first-order valence-electron chi connectivity index (χ1n) is 5.45. The van der Waals surface area contributed by atoms with Crippen molar-refractivity contribution in [1.29, 1.82) is 0 Å². The molecular weight excluding hydrogens is 206 g/mol. The van der Waals surface area contributed by atoms with Gasteiger partial charge in [0, 0.05) is 0 Å². The van der Waals surface area contributed by atoms with E-state index in [2.05, 4.69) is 21.8 Å². The summed E-state index contributed by atoms with van der Waals surface area (Å²) in [5.41, 5.74) is 1.17. The van der Waals surface area contributed by atoms with Gasteiger partial charge in [0.1, 0.15) is 0 Å². The zero-order valence-corrected chi connectivity index (χ0v) is 9.55. The number of carbonyl (C=O) groups excluding carboxylic acids is 1. The maximum absolute atomic E-state index is 10.5. The molecule has 1 aromatic rings. The molecule has 1 fully saturated rings. The molecule has 0 N–H and O–H groups in total. The average molecular weight is 221 g/mol. The van der Waals surface area contributed by atoms with Crippen LogP contribution in [0, 0.1) is 0 Å². The van der Waals surface area contributed by atoms with Crippen LogP contribution in [-0.2, 0) is 11.2 Å². The van der Waals surface area contributed by atoms with Gasteiger partial charge >= 0.3 is 0 Å². The summed E-state index contributed by atoms with van der Waals surface area (Å²) in [6.07, 6.45) is 8.41. The van der Waals surface area contributed by atoms with Crippen LogP contribution in [0.4, 0.5) is 0 Å². The summed E-state index contributed by atoms with van der Waals surface area (Å²) in [5, 5.41) is 4.23. The van der Waals surface area contributed by atoms with E-state index < -0.39 is 0 Å². The SMILES string of the molecule is O=C=NC1(Cc2ccsc2)CCCCC1. The van der Waals surface area contributed by atoms with Gasteiger partial charge in [0.2, 0.25) is 6.08 Å². The molecule has 0 atom stereocenters. The molecule has 0 amide bonds. The lowest BCUT2D eigenvalue weighted by atomic mass is 9.78.